The lowest BCUT2D eigenvalue weighted by Gasteiger charge is -2.29. The van der Waals surface area contributed by atoms with E-state index in [9.17, 15) is 4.79 Å². The molecule has 1 aromatic heterocycles. The van der Waals surface area contributed by atoms with Crippen LogP contribution in [0.1, 0.15) is 22.8 Å². The van der Waals surface area contributed by atoms with E-state index in [1.165, 1.54) is 5.56 Å². The van der Waals surface area contributed by atoms with Crippen molar-refractivity contribution >= 4 is 48.5 Å². The van der Waals surface area contributed by atoms with Gasteiger partial charge in [-0.1, -0.05) is 52.4 Å². The van der Waals surface area contributed by atoms with Crippen LogP contribution in [0.5, 0.6) is 0 Å². The van der Waals surface area contributed by atoms with Gasteiger partial charge in [0.2, 0.25) is 0 Å². The third-order valence-corrected chi connectivity index (χ3v) is 6.70. The second-order valence-electron chi connectivity index (χ2n) is 7.04. The number of fused-ring (bicyclic) bond motifs is 1. The molecule has 0 radical (unpaired) electrons. The molecule has 4 rings (SSSR count). The number of benzene rings is 2. The zero-order chi connectivity index (χ0) is 20.2. The summed E-state index contributed by atoms with van der Waals surface area (Å²) in [5, 5.41) is 0.763. The summed E-state index contributed by atoms with van der Waals surface area (Å²) in [4.78, 5) is 22.5. The number of halogens is 1. The number of anilines is 1. The van der Waals surface area contributed by atoms with Crippen molar-refractivity contribution in [1.82, 2.24) is 9.88 Å². The number of hydrogen-bond donors (Lipinski definition) is 0. The molecule has 5 nitrogen and oxygen atoms in total. The van der Waals surface area contributed by atoms with Gasteiger partial charge in [-0.3, -0.25) is 14.6 Å². The average molecular weight is 474 g/mol. The zero-order valence-electron chi connectivity index (χ0n) is 16.4. The van der Waals surface area contributed by atoms with Crippen LogP contribution in [0.3, 0.4) is 0 Å². The molecule has 7 heteroatoms. The highest BCUT2D eigenvalue weighted by Crippen LogP contribution is 2.32. The summed E-state index contributed by atoms with van der Waals surface area (Å²) in [7, 11) is 0. The van der Waals surface area contributed by atoms with E-state index in [1.54, 1.807) is 11.3 Å². The Bertz CT molecular complexity index is 1000. The number of morpholine rings is 1. The first kappa shape index (κ1) is 20.5. The topological polar surface area (TPSA) is 45.7 Å². The Hall–Kier alpha value is -1.80. The third kappa shape index (κ3) is 4.69. The number of aryl methyl sites for hydroxylation is 1. The zero-order valence-corrected chi connectivity index (χ0v) is 18.8. The number of carbonyl (C=O) groups is 1. The molecular weight excluding hydrogens is 450 g/mol. The molecule has 1 aliphatic heterocycles. The van der Waals surface area contributed by atoms with Gasteiger partial charge in [-0.05, 0) is 36.2 Å². The maximum absolute atomic E-state index is 13.4. The van der Waals surface area contributed by atoms with Crippen molar-refractivity contribution in [3.05, 3.63) is 58.1 Å². The van der Waals surface area contributed by atoms with Crippen molar-refractivity contribution in [2.45, 2.75) is 13.3 Å². The van der Waals surface area contributed by atoms with Crippen LogP contribution in [0.15, 0.2) is 46.9 Å². The first-order chi connectivity index (χ1) is 14.2. The van der Waals surface area contributed by atoms with Gasteiger partial charge >= 0.3 is 0 Å². The van der Waals surface area contributed by atoms with E-state index < -0.39 is 0 Å². The monoisotopic (exact) mass is 473 g/mol. The Morgan fingerprint density at radius 1 is 1.24 bits per heavy atom. The van der Waals surface area contributed by atoms with E-state index in [-0.39, 0.29) is 5.91 Å². The SMILES string of the molecule is CCc1cccc2sc(N(CCN3CCOCC3)C(=O)c3cccc(Br)c3)nc12. The minimum atomic E-state index is -0.0170. The van der Waals surface area contributed by atoms with Gasteiger partial charge in [0, 0.05) is 36.2 Å². The van der Waals surface area contributed by atoms with Gasteiger partial charge in [0.1, 0.15) is 0 Å². The number of para-hydroxylation sites is 1. The fourth-order valence-electron chi connectivity index (χ4n) is 3.52. The fraction of sp³-hybridized carbons (Fsp3) is 0.364. The minimum Gasteiger partial charge on any atom is -0.379 e. The number of amides is 1. The van der Waals surface area contributed by atoms with Crippen LogP contribution >= 0.6 is 27.3 Å². The number of thiazole rings is 1. The number of carbonyl (C=O) groups excluding carboxylic acids is 1. The molecule has 0 spiro atoms. The maximum Gasteiger partial charge on any atom is 0.260 e. The van der Waals surface area contributed by atoms with Crippen molar-refractivity contribution in [2.75, 3.05) is 44.3 Å². The number of ether oxygens (including phenoxy) is 1. The first-order valence-electron chi connectivity index (χ1n) is 9.91. The second-order valence-corrected chi connectivity index (χ2v) is 8.96. The van der Waals surface area contributed by atoms with Crippen LogP contribution in [0, 0.1) is 0 Å². The van der Waals surface area contributed by atoms with Crippen LogP contribution in [0.25, 0.3) is 10.2 Å². The summed E-state index contributed by atoms with van der Waals surface area (Å²) in [5.41, 5.74) is 2.89. The van der Waals surface area contributed by atoms with Gasteiger partial charge in [0.25, 0.3) is 5.91 Å². The van der Waals surface area contributed by atoms with Gasteiger partial charge in [-0.25, -0.2) is 4.98 Å². The van der Waals surface area contributed by atoms with E-state index in [0.717, 1.165) is 59.1 Å². The summed E-state index contributed by atoms with van der Waals surface area (Å²) in [5.74, 6) is -0.0170. The van der Waals surface area contributed by atoms with E-state index in [2.05, 4.69) is 46.0 Å². The highest BCUT2D eigenvalue weighted by Gasteiger charge is 2.23. The quantitative estimate of drug-likeness (QED) is 0.524. The highest BCUT2D eigenvalue weighted by atomic mass is 79.9. The number of hydrogen-bond acceptors (Lipinski definition) is 5. The molecule has 29 heavy (non-hydrogen) atoms. The van der Waals surface area contributed by atoms with Crippen molar-refractivity contribution < 1.29 is 9.53 Å². The Morgan fingerprint density at radius 3 is 2.79 bits per heavy atom. The summed E-state index contributed by atoms with van der Waals surface area (Å²) >= 11 is 5.07. The molecule has 0 aliphatic carbocycles. The molecule has 1 saturated heterocycles. The van der Waals surface area contributed by atoms with Crippen molar-refractivity contribution in [3.63, 3.8) is 0 Å². The van der Waals surface area contributed by atoms with Crippen LogP contribution in [-0.4, -0.2) is 55.2 Å². The minimum absolute atomic E-state index is 0.0170. The largest absolute Gasteiger partial charge is 0.379 e. The summed E-state index contributed by atoms with van der Waals surface area (Å²) in [6, 6.07) is 13.8. The smallest absolute Gasteiger partial charge is 0.260 e. The molecule has 1 amide bonds. The summed E-state index contributed by atoms with van der Waals surface area (Å²) in [6.45, 7) is 6.85. The molecule has 0 N–H and O–H groups in total. The van der Waals surface area contributed by atoms with Gasteiger partial charge in [0.15, 0.2) is 5.13 Å². The van der Waals surface area contributed by atoms with Gasteiger partial charge in [-0.15, -0.1) is 0 Å². The van der Waals surface area contributed by atoms with E-state index in [4.69, 9.17) is 9.72 Å². The van der Waals surface area contributed by atoms with Gasteiger partial charge in [0.05, 0.1) is 23.4 Å². The van der Waals surface area contributed by atoms with Gasteiger partial charge < -0.3 is 4.74 Å². The molecule has 0 atom stereocenters. The van der Waals surface area contributed by atoms with Crippen molar-refractivity contribution in [3.8, 4) is 0 Å². The summed E-state index contributed by atoms with van der Waals surface area (Å²) < 4.78 is 7.47. The normalized spacial score (nSPS) is 15.0. The predicted octanol–water partition coefficient (Wildman–Crippen LogP) is 4.60. The molecular formula is C22H24BrN3O2S. The molecule has 1 fully saturated rings. The lowest BCUT2D eigenvalue weighted by molar-refractivity contribution is 0.0391. The molecule has 0 saturated carbocycles. The fourth-order valence-corrected chi connectivity index (χ4v) is 4.96. The lowest BCUT2D eigenvalue weighted by atomic mass is 10.1. The van der Waals surface area contributed by atoms with Crippen molar-refractivity contribution in [2.24, 2.45) is 0 Å². The Morgan fingerprint density at radius 2 is 2.03 bits per heavy atom. The number of nitrogens with zero attached hydrogens (tertiary/aromatic N) is 3. The van der Waals surface area contributed by atoms with Crippen LogP contribution < -0.4 is 4.90 Å². The Labute approximate surface area is 183 Å². The average Bonchev–Trinajstić information content (AvgIpc) is 3.18. The number of aromatic nitrogens is 1. The molecule has 1 aliphatic rings. The first-order valence-corrected chi connectivity index (χ1v) is 11.5. The number of rotatable bonds is 6. The molecule has 0 unspecified atom stereocenters. The highest BCUT2D eigenvalue weighted by molar-refractivity contribution is 9.10. The standard InChI is InChI=1S/C22H24BrN3O2S/c1-2-16-5-4-8-19-20(16)24-22(29-19)26(10-9-25-11-13-28-14-12-25)21(27)17-6-3-7-18(23)15-17/h3-8,15H,2,9-14H2,1H3. The Balaban J connectivity index is 1.66. The predicted molar refractivity (Wildman–Crippen MR) is 122 cm³/mol. The van der Waals surface area contributed by atoms with Crippen LogP contribution in [-0.2, 0) is 11.2 Å². The van der Waals surface area contributed by atoms with Crippen molar-refractivity contribution in [1.29, 1.82) is 0 Å². The summed E-state index contributed by atoms with van der Waals surface area (Å²) in [6.07, 6.45) is 0.924. The molecule has 0 bridgehead atoms. The van der Waals surface area contributed by atoms with E-state index in [1.807, 2.05) is 29.2 Å². The second kappa shape index (κ2) is 9.34. The molecule has 152 valence electrons. The molecule has 2 aromatic carbocycles. The lowest BCUT2D eigenvalue weighted by Crippen LogP contribution is -2.43. The van der Waals surface area contributed by atoms with Crippen LogP contribution in [0.4, 0.5) is 5.13 Å². The van der Waals surface area contributed by atoms with Crippen LogP contribution in [0.2, 0.25) is 0 Å². The maximum atomic E-state index is 13.4. The van der Waals surface area contributed by atoms with E-state index in [0.29, 0.717) is 12.1 Å². The third-order valence-electron chi connectivity index (χ3n) is 5.16. The molecule has 2 heterocycles. The molecule has 3 aromatic rings. The Kier molecular flexibility index (Phi) is 6.60. The van der Waals surface area contributed by atoms with E-state index >= 15 is 0 Å². The van der Waals surface area contributed by atoms with Gasteiger partial charge in [-0.2, -0.15) is 0 Å².